The summed E-state index contributed by atoms with van der Waals surface area (Å²) in [5.74, 6) is 0.347. The maximum atomic E-state index is 12.0. The molecule has 1 aliphatic carbocycles. The molecule has 0 N–H and O–H groups in total. The number of fused-ring (bicyclic) bond motifs is 3. The molecule has 0 amide bonds. The second-order valence-electron chi connectivity index (χ2n) is 6.84. The van der Waals surface area contributed by atoms with Crippen LogP contribution in [0.2, 0.25) is 19.6 Å². The van der Waals surface area contributed by atoms with Crippen LogP contribution >= 0.6 is 0 Å². The molecule has 0 spiro atoms. The molecule has 2 nitrogen and oxygen atoms in total. The van der Waals surface area contributed by atoms with Crippen LogP contribution < -0.4 is 0 Å². The van der Waals surface area contributed by atoms with Crippen molar-refractivity contribution in [2.24, 2.45) is 0 Å². The van der Waals surface area contributed by atoms with E-state index in [0.29, 0.717) is 25.2 Å². The summed E-state index contributed by atoms with van der Waals surface area (Å²) < 4.78 is 6.03. The number of ether oxygens (including phenoxy) is 1. The second-order valence-corrected chi connectivity index (χ2v) is 11.9. The van der Waals surface area contributed by atoms with Gasteiger partial charge in [0.15, 0.2) is 0 Å². The molecule has 2 aliphatic rings. The minimum absolute atomic E-state index is 0.0124. The molecule has 106 valence electrons. The van der Waals surface area contributed by atoms with E-state index in [1.807, 2.05) is 0 Å². The van der Waals surface area contributed by atoms with Gasteiger partial charge in [-0.25, -0.2) is 0 Å². The van der Waals surface area contributed by atoms with Crippen molar-refractivity contribution in [3.05, 3.63) is 40.6 Å². The predicted molar refractivity (Wildman–Crippen MR) is 84.1 cm³/mol. The lowest BCUT2D eigenvalue weighted by Crippen LogP contribution is -2.30. The number of hydrogen-bond donors (Lipinski definition) is 0. The van der Waals surface area contributed by atoms with Crippen LogP contribution in [0.1, 0.15) is 30.4 Å². The number of hydrogen-bond acceptors (Lipinski definition) is 2. The predicted octanol–water partition coefficient (Wildman–Crippen LogP) is 3.97. The van der Waals surface area contributed by atoms with E-state index in [0.717, 1.165) is 6.42 Å². The van der Waals surface area contributed by atoms with Crippen molar-refractivity contribution < 1.29 is 9.53 Å². The molecule has 0 saturated carbocycles. The molecule has 0 bridgehead atoms. The van der Waals surface area contributed by atoms with Gasteiger partial charge in [-0.2, -0.15) is 0 Å². The minimum atomic E-state index is -1.45. The van der Waals surface area contributed by atoms with Crippen LogP contribution in [-0.4, -0.2) is 20.0 Å². The summed E-state index contributed by atoms with van der Waals surface area (Å²) in [7, 11) is -1.45. The van der Waals surface area contributed by atoms with Gasteiger partial charge in [-0.1, -0.05) is 49.1 Å². The van der Waals surface area contributed by atoms with Gasteiger partial charge in [0.1, 0.15) is 5.78 Å². The molecular formula is C17H22O2Si. The molecule has 0 radical (unpaired) electrons. The Morgan fingerprint density at radius 1 is 1.15 bits per heavy atom. The number of rotatable bonds is 1. The fourth-order valence-corrected chi connectivity index (χ4v) is 5.34. The number of Topliss-reactive ketones (excluding diaryl/α,β-unsaturated/α-hetero) is 1. The van der Waals surface area contributed by atoms with Crippen LogP contribution in [0.5, 0.6) is 0 Å². The zero-order valence-corrected chi connectivity index (χ0v) is 13.5. The number of carbonyl (C=O) groups is 1. The molecule has 3 heteroatoms. The molecule has 0 aromatic heterocycles. The Kier molecular flexibility index (Phi) is 3.42. The first kappa shape index (κ1) is 13.8. The summed E-state index contributed by atoms with van der Waals surface area (Å²) in [5.41, 5.74) is 3.94. The van der Waals surface area contributed by atoms with Crippen LogP contribution in [0.4, 0.5) is 0 Å². The highest BCUT2D eigenvalue weighted by atomic mass is 28.3. The summed E-state index contributed by atoms with van der Waals surface area (Å²) in [4.78, 5) is 12.0. The summed E-state index contributed by atoms with van der Waals surface area (Å²) in [6.45, 7) is 7.76. The van der Waals surface area contributed by atoms with Gasteiger partial charge in [-0.05, 0) is 23.1 Å². The first-order chi connectivity index (χ1) is 9.47. The molecule has 20 heavy (non-hydrogen) atoms. The highest BCUT2D eigenvalue weighted by Crippen LogP contribution is 2.41. The van der Waals surface area contributed by atoms with Crippen molar-refractivity contribution in [2.45, 2.75) is 51.6 Å². The molecule has 1 heterocycles. The Bertz CT molecular complexity index is 581. The van der Waals surface area contributed by atoms with Gasteiger partial charge >= 0.3 is 0 Å². The summed E-state index contributed by atoms with van der Waals surface area (Å²) in [5, 5.41) is 1.53. The number of benzene rings is 1. The zero-order chi connectivity index (χ0) is 14.3. The Hall–Kier alpha value is -1.19. The highest BCUT2D eigenvalue weighted by Gasteiger charge is 2.35. The van der Waals surface area contributed by atoms with Gasteiger partial charge < -0.3 is 4.74 Å². The molecule has 1 aromatic carbocycles. The first-order valence-electron chi connectivity index (χ1n) is 7.42. The van der Waals surface area contributed by atoms with Crippen LogP contribution in [0.3, 0.4) is 0 Å². The van der Waals surface area contributed by atoms with E-state index in [4.69, 9.17) is 4.74 Å². The monoisotopic (exact) mass is 286 g/mol. The van der Waals surface area contributed by atoms with Crippen LogP contribution in [0.25, 0.3) is 5.57 Å². The lowest BCUT2D eigenvalue weighted by Gasteiger charge is -2.32. The van der Waals surface area contributed by atoms with E-state index in [1.165, 1.54) is 21.9 Å². The van der Waals surface area contributed by atoms with Crippen molar-refractivity contribution in [2.75, 3.05) is 0 Å². The van der Waals surface area contributed by atoms with Gasteiger partial charge in [0.2, 0.25) is 0 Å². The van der Waals surface area contributed by atoms with E-state index < -0.39 is 8.07 Å². The average molecular weight is 286 g/mol. The lowest BCUT2D eigenvalue weighted by atomic mass is 9.92. The molecule has 1 aromatic rings. The number of ketones is 1. The average Bonchev–Trinajstić information content (AvgIpc) is 2.56. The third-order valence-corrected chi connectivity index (χ3v) is 6.70. The van der Waals surface area contributed by atoms with Crippen molar-refractivity contribution in [3.8, 4) is 0 Å². The molecule has 0 saturated heterocycles. The van der Waals surface area contributed by atoms with Crippen LogP contribution in [0.15, 0.2) is 29.5 Å². The van der Waals surface area contributed by atoms with E-state index >= 15 is 0 Å². The third-order valence-electron chi connectivity index (χ3n) is 4.37. The fourth-order valence-electron chi connectivity index (χ4n) is 3.36. The summed E-state index contributed by atoms with van der Waals surface area (Å²) in [6, 6.07) is 8.52. The molecular weight excluding hydrogens is 264 g/mol. The Balaban J connectivity index is 2.21. The van der Waals surface area contributed by atoms with E-state index in [1.54, 1.807) is 0 Å². The normalized spacial score (nSPS) is 23.1. The van der Waals surface area contributed by atoms with E-state index in [2.05, 4.69) is 43.9 Å². The highest BCUT2D eigenvalue weighted by molar-refractivity contribution is 6.84. The van der Waals surface area contributed by atoms with Gasteiger partial charge in [-0.3, -0.25) is 4.79 Å². The molecule has 1 unspecified atom stereocenters. The van der Waals surface area contributed by atoms with Gasteiger partial charge in [-0.15, -0.1) is 0 Å². The standard InChI is InChI=1S/C17H22O2Si/c1-20(2,3)16-9-8-13(18)10-15-17(16)14-7-5-4-6-12(14)11-19-15/h4-7,15H,8-11H2,1-3H3. The van der Waals surface area contributed by atoms with Crippen molar-refractivity contribution >= 4 is 19.4 Å². The SMILES string of the molecule is C[Si](C)(C)C1=C2c3ccccc3COC2CC(=O)CC1. The maximum absolute atomic E-state index is 12.0. The summed E-state index contributed by atoms with van der Waals surface area (Å²) in [6.07, 6.45) is 2.16. The quantitative estimate of drug-likeness (QED) is 0.730. The first-order valence-corrected chi connectivity index (χ1v) is 10.9. The zero-order valence-electron chi connectivity index (χ0n) is 12.5. The number of carbonyl (C=O) groups excluding carboxylic acids is 1. The van der Waals surface area contributed by atoms with E-state index in [-0.39, 0.29) is 6.10 Å². The Labute approximate surface area is 121 Å². The smallest absolute Gasteiger partial charge is 0.136 e. The van der Waals surface area contributed by atoms with Gasteiger partial charge in [0, 0.05) is 12.8 Å². The van der Waals surface area contributed by atoms with Crippen molar-refractivity contribution in [3.63, 3.8) is 0 Å². The maximum Gasteiger partial charge on any atom is 0.136 e. The van der Waals surface area contributed by atoms with Crippen molar-refractivity contribution in [1.82, 2.24) is 0 Å². The molecule has 3 rings (SSSR count). The minimum Gasteiger partial charge on any atom is -0.368 e. The number of allylic oxidation sites excluding steroid dienone is 1. The molecule has 1 atom stereocenters. The van der Waals surface area contributed by atoms with E-state index in [9.17, 15) is 4.79 Å². The second kappa shape index (κ2) is 4.97. The third kappa shape index (κ3) is 2.40. The topological polar surface area (TPSA) is 26.3 Å². The fraction of sp³-hybridized carbons (Fsp3) is 0.471. The van der Waals surface area contributed by atoms with Crippen LogP contribution in [0, 0.1) is 0 Å². The van der Waals surface area contributed by atoms with Crippen LogP contribution in [-0.2, 0) is 16.1 Å². The summed E-state index contributed by atoms with van der Waals surface area (Å²) >= 11 is 0. The van der Waals surface area contributed by atoms with Gasteiger partial charge in [0.25, 0.3) is 0 Å². The van der Waals surface area contributed by atoms with Gasteiger partial charge in [0.05, 0.1) is 20.8 Å². The molecule has 0 fully saturated rings. The lowest BCUT2D eigenvalue weighted by molar-refractivity contribution is -0.121. The molecule has 1 aliphatic heterocycles. The van der Waals surface area contributed by atoms with Crippen molar-refractivity contribution in [1.29, 1.82) is 0 Å². The largest absolute Gasteiger partial charge is 0.368 e. The Morgan fingerprint density at radius 3 is 2.65 bits per heavy atom. The Morgan fingerprint density at radius 2 is 1.90 bits per heavy atom.